The second-order valence-corrected chi connectivity index (χ2v) is 1.79. The SMILES string of the molecule is C=C/C=c1/ocn/c1=C/C. The fraction of sp³-hybridized carbons (Fsp3) is 0.125. The van der Waals surface area contributed by atoms with Gasteiger partial charge in [-0.1, -0.05) is 18.7 Å². The summed E-state index contributed by atoms with van der Waals surface area (Å²) in [6.07, 6.45) is 6.76. The molecule has 0 aliphatic heterocycles. The molecule has 0 saturated carbocycles. The Bertz CT molecular complexity index is 321. The van der Waals surface area contributed by atoms with Gasteiger partial charge in [0.25, 0.3) is 0 Å². The van der Waals surface area contributed by atoms with Gasteiger partial charge in [-0.15, -0.1) is 0 Å². The molecule has 1 aromatic heterocycles. The Hall–Kier alpha value is -1.31. The lowest BCUT2D eigenvalue weighted by molar-refractivity contribution is 0.525. The second kappa shape index (κ2) is 3.01. The Morgan fingerprint density at radius 3 is 3.10 bits per heavy atom. The minimum atomic E-state index is 0.762. The first-order chi connectivity index (χ1) is 4.88. The quantitative estimate of drug-likeness (QED) is 0.558. The predicted octanol–water partition coefficient (Wildman–Crippen LogP) is 0.442. The zero-order valence-corrected chi connectivity index (χ0v) is 5.87. The van der Waals surface area contributed by atoms with Gasteiger partial charge in [0.15, 0.2) is 11.8 Å². The topological polar surface area (TPSA) is 26.0 Å². The molecule has 1 rings (SSSR count). The van der Waals surface area contributed by atoms with E-state index in [2.05, 4.69) is 11.6 Å². The van der Waals surface area contributed by atoms with Crippen molar-refractivity contribution in [2.45, 2.75) is 6.92 Å². The summed E-state index contributed by atoms with van der Waals surface area (Å²) in [4.78, 5) is 3.95. The van der Waals surface area contributed by atoms with Crippen LogP contribution in [0.15, 0.2) is 23.5 Å². The zero-order chi connectivity index (χ0) is 7.40. The zero-order valence-electron chi connectivity index (χ0n) is 5.87. The monoisotopic (exact) mass is 135 g/mol. The van der Waals surface area contributed by atoms with E-state index in [0.29, 0.717) is 0 Å². The van der Waals surface area contributed by atoms with Crippen LogP contribution in [0.1, 0.15) is 6.92 Å². The van der Waals surface area contributed by atoms with Gasteiger partial charge >= 0.3 is 0 Å². The fourth-order valence-electron chi connectivity index (χ4n) is 0.712. The minimum absolute atomic E-state index is 0.762. The molecule has 1 heterocycles. The molecule has 0 amide bonds. The number of nitrogens with zero attached hydrogens (tertiary/aromatic N) is 1. The highest BCUT2D eigenvalue weighted by molar-refractivity contribution is 5.32. The van der Waals surface area contributed by atoms with Crippen LogP contribution in [0.3, 0.4) is 0 Å². The molecule has 0 N–H and O–H groups in total. The third kappa shape index (κ3) is 1.16. The molecule has 0 saturated heterocycles. The van der Waals surface area contributed by atoms with Gasteiger partial charge in [0.1, 0.15) is 5.35 Å². The van der Waals surface area contributed by atoms with E-state index in [1.165, 1.54) is 6.39 Å². The largest absolute Gasteiger partial charge is 0.443 e. The summed E-state index contributed by atoms with van der Waals surface area (Å²) in [5.74, 6) is 0. The number of rotatable bonds is 1. The summed E-state index contributed by atoms with van der Waals surface area (Å²) in [7, 11) is 0. The molecular formula is C8H9NO. The molecule has 0 bridgehead atoms. The van der Waals surface area contributed by atoms with Crippen molar-refractivity contribution >= 4 is 12.2 Å². The molecule has 0 radical (unpaired) electrons. The van der Waals surface area contributed by atoms with Crippen LogP contribution in [0.2, 0.25) is 0 Å². The standard InChI is InChI=1S/C8H9NO/c1-3-5-8-7(4-2)9-6-10-8/h3-6H,1H2,2H3/b7-4+,8-5+. The van der Waals surface area contributed by atoms with Gasteiger partial charge in [0.2, 0.25) is 0 Å². The van der Waals surface area contributed by atoms with E-state index in [1.807, 2.05) is 13.0 Å². The highest BCUT2D eigenvalue weighted by Gasteiger charge is 1.83. The lowest BCUT2D eigenvalue weighted by Gasteiger charge is -1.70. The van der Waals surface area contributed by atoms with Crippen molar-refractivity contribution in [3.63, 3.8) is 0 Å². The molecule has 0 aromatic carbocycles. The second-order valence-electron chi connectivity index (χ2n) is 1.79. The summed E-state index contributed by atoms with van der Waals surface area (Å²) in [5.41, 5.74) is 0.762. The van der Waals surface area contributed by atoms with Crippen LogP contribution in [-0.4, -0.2) is 4.98 Å². The molecule has 0 unspecified atom stereocenters. The summed E-state index contributed by atoms with van der Waals surface area (Å²) < 4.78 is 5.03. The van der Waals surface area contributed by atoms with E-state index in [9.17, 15) is 0 Å². The van der Waals surface area contributed by atoms with Crippen molar-refractivity contribution < 1.29 is 4.42 Å². The third-order valence-electron chi connectivity index (χ3n) is 1.17. The molecule has 0 fully saturated rings. The van der Waals surface area contributed by atoms with E-state index in [-0.39, 0.29) is 0 Å². The Labute approximate surface area is 59.2 Å². The van der Waals surface area contributed by atoms with Crippen molar-refractivity contribution in [1.82, 2.24) is 4.98 Å². The average molecular weight is 135 g/mol. The molecule has 0 aliphatic rings. The lowest BCUT2D eigenvalue weighted by atomic mass is 10.4. The number of oxazole rings is 1. The fourth-order valence-corrected chi connectivity index (χ4v) is 0.712. The van der Waals surface area contributed by atoms with Crippen LogP contribution in [0, 0.1) is 0 Å². The van der Waals surface area contributed by atoms with E-state index in [4.69, 9.17) is 4.42 Å². The van der Waals surface area contributed by atoms with Crippen molar-refractivity contribution in [3.8, 4) is 0 Å². The molecule has 52 valence electrons. The van der Waals surface area contributed by atoms with Crippen LogP contribution in [0.25, 0.3) is 12.2 Å². The molecular weight excluding hydrogens is 126 g/mol. The Morgan fingerprint density at radius 2 is 2.50 bits per heavy atom. The van der Waals surface area contributed by atoms with Gasteiger partial charge in [0, 0.05) is 0 Å². The molecule has 0 aliphatic carbocycles. The number of allylic oxidation sites excluding steroid dienone is 1. The van der Waals surface area contributed by atoms with Gasteiger partial charge in [-0.25, -0.2) is 4.98 Å². The first kappa shape index (κ1) is 6.81. The maximum Gasteiger partial charge on any atom is 0.181 e. The van der Waals surface area contributed by atoms with Crippen LogP contribution in [0.5, 0.6) is 0 Å². The van der Waals surface area contributed by atoms with Gasteiger partial charge in [-0.3, -0.25) is 0 Å². The summed E-state index contributed by atoms with van der Waals surface area (Å²) >= 11 is 0. The first-order valence-corrected chi connectivity index (χ1v) is 3.07. The number of hydrogen-bond acceptors (Lipinski definition) is 2. The Morgan fingerprint density at radius 1 is 1.70 bits per heavy atom. The van der Waals surface area contributed by atoms with Crippen LogP contribution in [-0.2, 0) is 0 Å². The molecule has 10 heavy (non-hydrogen) atoms. The molecule has 2 heteroatoms. The van der Waals surface area contributed by atoms with Crippen molar-refractivity contribution in [2.75, 3.05) is 0 Å². The summed E-state index contributed by atoms with van der Waals surface area (Å²) in [6, 6.07) is 0. The average Bonchev–Trinajstić information content (AvgIpc) is 2.36. The van der Waals surface area contributed by atoms with Crippen LogP contribution < -0.4 is 10.8 Å². The summed E-state index contributed by atoms with van der Waals surface area (Å²) in [6.45, 7) is 5.47. The first-order valence-electron chi connectivity index (χ1n) is 3.07. The van der Waals surface area contributed by atoms with E-state index >= 15 is 0 Å². The molecule has 2 nitrogen and oxygen atoms in total. The third-order valence-corrected chi connectivity index (χ3v) is 1.17. The van der Waals surface area contributed by atoms with Gasteiger partial charge in [-0.2, -0.15) is 0 Å². The Balaban J connectivity index is 3.41. The van der Waals surface area contributed by atoms with Gasteiger partial charge in [0.05, 0.1) is 0 Å². The Kier molecular flexibility index (Phi) is 2.05. The van der Waals surface area contributed by atoms with Gasteiger partial charge in [-0.05, 0) is 13.0 Å². The van der Waals surface area contributed by atoms with Crippen LogP contribution in [0.4, 0.5) is 0 Å². The normalized spacial score (nSPS) is 14.1. The minimum Gasteiger partial charge on any atom is -0.443 e. The lowest BCUT2D eigenvalue weighted by Crippen LogP contribution is -2.20. The maximum absolute atomic E-state index is 5.03. The van der Waals surface area contributed by atoms with Crippen molar-refractivity contribution in [1.29, 1.82) is 0 Å². The molecule has 0 atom stereocenters. The van der Waals surface area contributed by atoms with E-state index in [1.54, 1.807) is 12.2 Å². The smallest absolute Gasteiger partial charge is 0.181 e. The van der Waals surface area contributed by atoms with E-state index in [0.717, 1.165) is 10.8 Å². The van der Waals surface area contributed by atoms with Crippen molar-refractivity contribution in [3.05, 3.63) is 29.8 Å². The molecule has 0 spiro atoms. The van der Waals surface area contributed by atoms with E-state index < -0.39 is 0 Å². The highest BCUT2D eigenvalue weighted by atomic mass is 16.3. The summed E-state index contributed by atoms with van der Waals surface area (Å²) in [5, 5.41) is 0.861. The number of hydrogen-bond donors (Lipinski definition) is 0. The predicted molar refractivity (Wildman–Crippen MR) is 40.6 cm³/mol. The number of aromatic nitrogens is 1. The van der Waals surface area contributed by atoms with Crippen molar-refractivity contribution in [2.24, 2.45) is 0 Å². The van der Waals surface area contributed by atoms with Gasteiger partial charge < -0.3 is 4.42 Å². The van der Waals surface area contributed by atoms with Crippen LogP contribution >= 0.6 is 0 Å². The maximum atomic E-state index is 5.03. The molecule has 1 aromatic rings. The highest BCUT2D eigenvalue weighted by Crippen LogP contribution is 1.66.